The van der Waals surface area contributed by atoms with Crippen LogP contribution in [0, 0.1) is 5.92 Å². The minimum absolute atomic E-state index is 0. The molecule has 21 heavy (non-hydrogen) atoms. The van der Waals surface area contributed by atoms with Crippen molar-refractivity contribution in [3.05, 3.63) is 23.2 Å². The number of piperidine rings is 1. The molecule has 0 amide bonds. The Hall–Kier alpha value is -0.530. The zero-order valence-electron chi connectivity index (χ0n) is 11.9. The Morgan fingerprint density at radius 3 is 2.76 bits per heavy atom. The molecule has 0 radical (unpaired) electrons. The highest BCUT2D eigenvalue weighted by atomic mass is 35.5. The number of hydrogen-bond donors (Lipinski definition) is 2. The topological polar surface area (TPSA) is 67.4 Å². The molecule has 1 aromatic carbocycles. The highest BCUT2D eigenvalue weighted by molar-refractivity contribution is 7.89. The molecule has 1 fully saturated rings. The van der Waals surface area contributed by atoms with Crippen LogP contribution in [0.15, 0.2) is 23.1 Å². The van der Waals surface area contributed by atoms with Gasteiger partial charge in [0, 0.05) is 11.1 Å². The van der Waals surface area contributed by atoms with Crippen LogP contribution in [0.5, 0.6) is 5.75 Å². The molecule has 1 saturated heterocycles. The van der Waals surface area contributed by atoms with Crippen molar-refractivity contribution in [3.63, 3.8) is 0 Å². The highest BCUT2D eigenvalue weighted by Crippen LogP contribution is 2.27. The maximum Gasteiger partial charge on any atom is 0.244 e. The number of methoxy groups -OCH3 is 1. The van der Waals surface area contributed by atoms with Gasteiger partial charge in [0.25, 0.3) is 0 Å². The third-order valence-corrected chi connectivity index (χ3v) is 5.25. The summed E-state index contributed by atoms with van der Waals surface area (Å²) in [4.78, 5) is 0.0817. The zero-order chi connectivity index (χ0) is 14.8. The van der Waals surface area contributed by atoms with Crippen molar-refractivity contribution in [2.24, 2.45) is 5.92 Å². The van der Waals surface area contributed by atoms with Crippen molar-refractivity contribution in [1.82, 2.24) is 10.0 Å². The van der Waals surface area contributed by atoms with Gasteiger partial charge in [-0.2, -0.15) is 0 Å². The van der Waals surface area contributed by atoms with Gasteiger partial charge in [-0.3, -0.25) is 0 Å². The molecule has 0 spiro atoms. The second-order valence-corrected chi connectivity index (χ2v) is 7.11. The molecule has 1 heterocycles. The first-order valence-electron chi connectivity index (χ1n) is 6.50. The van der Waals surface area contributed by atoms with E-state index in [2.05, 4.69) is 10.0 Å². The number of halogens is 2. The predicted molar refractivity (Wildman–Crippen MR) is 86.0 cm³/mol. The Balaban J connectivity index is 0.00000220. The summed E-state index contributed by atoms with van der Waals surface area (Å²) in [5, 5.41) is 3.61. The van der Waals surface area contributed by atoms with Gasteiger partial charge in [0.05, 0.1) is 7.11 Å². The molecule has 2 atom stereocenters. The van der Waals surface area contributed by atoms with Gasteiger partial charge in [0.2, 0.25) is 10.0 Å². The first-order valence-corrected chi connectivity index (χ1v) is 8.37. The van der Waals surface area contributed by atoms with E-state index in [0.29, 0.717) is 10.8 Å². The van der Waals surface area contributed by atoms with Gasteiger partial charge in [0.1, 0.15) is 10.6 Å². The molecule has 120 valence electrons. The zero-order valence-corrected chi connectivity index (χ0v) is 14.3. The largest absolute Gasteiger partial charge is 0.495 e. The number of nitrogens with one attached hydrogen (secondary N) is 2. The quantitative estimate of drug-likeness (QED) is 0.868. The summed E-state index contributed by atoms with van der Waals surface area (Å²) < 4.78 is 32.9. The second-order valence-electron chi connectivity index (χ2n) is 4.99. The van der Waals surface area contributed by atoms with Crippen molar-refractivity contribution in [2.75, 3.05) is 20.2 Å². The average molecular weight is 355 g/mol. The third-order valence-electron chi connectivity index (χ3n) is 3.51. The van der Waals surface area contributed by atoms with Gasteiger partial charge >= 0.3 is 0 Å². The molecule has 1 aliphatic rings. The monoisotopic (exact) mass is 354 g/mol. The lowest BCUT2D eigenvalue weighted by Gasteiger charge is -2.30. The molecule has 2 unspecified atom stereocenters. The van der Waals surface area contributed by atoms with E-state index in [1.54, 1.807) is 12.1 Å². The lowest BCUT2D eigenvalue weighted by molar-refractivity contribution is 0.327. The fourth-order valence-corrected chi connectivity index (χ4v) is 4.12. The van der Waals surface area contributed by atoms with Gasteiger partial charge in [-0.05, 0) is 43.6 Å². The van der Waals surface area contributed by atoms with Crippen LogP contribution in [0.2, 0.25) is 5.02 Å². The van der Waals surface area contributed by atoms with Crippen LogP contribution in [-0.4, -0.2) is 34.7 Å². The number of rotatable bonds is 4. The molecule has 8 heteroatoms. The molecule has 2 rings (SSSR count). The summed E-state index contributed by atoms with van der Waals surface area (Å²) in [7, 11) is -2.21. The summed E-state index contributed by atoms with van der Waals surface area (Å²) in [5.41, 5.74) is 0. The summed E-state index contributed by atoms with van der Waals surface area (Å²) in [5.74, 6) is 0.534. The van der Waals surface area contributed by atoms with Gasteiger partial charge in [-0.25, -0.2) is 13.1 Å². The first kappa shape index (κ1) is 18.5. The van der Waals surface area contributed by atoms with E-state index in [-0.39, 0.29) is 29.3 Å². The van der Waals surface area contributed by atoms with Crippen LogP contribution in [0.1, 0.15) is 13.3 Å². The van der Waals surface area contributed by atoms with Crippen LogP contribution in [0.4, 0.5) is 0 Å². The number of ether oxygens (including phenoxy) is 1. The fourth-order valence-electron chi connectivity index (χ4n) is 2.31. The van der Waals surface area contributed by atoms with Crippen molar-refractivity contribution >= 4 is 34.0 Å². The van der Waals surface area contributed by atoms with Crippen LogP contribution in [0.3, 0.4) is 0 Å². The highest BCUT2D eigenvalue weighted by Gasteiger charge is 2.28. The first-order chi connectivity index (χ1) is 9.44. The molecule has 0 saturated carbocycles. The van der Waals surface area contributed by atoms with E-state index in [9.17, 15) is 8.42 Å². The lowest BCUT2D eigenvalue weighted by Crippen LogP contribution is -2.48. The Morgan fingerprint density at radius 2 is 2.14 bits per heavy atom. The van der Waals surface area contributed by atoms with Crippen molar-refractivity contribution in [2.45, 2.75) is 24.3 Å². The van der Waals surface area contributed by atoms with E-state index in [4.69, 9.17) is 16.3 Å². The predicted octanol–water partition coefficient (Wildman–Crippen LogP) is 2.05. The molecule has 0 aliphatic carbocycles. The van der Waals surface area contributed by atoms with Crippen LogP contribution < -0.4 is 14.8 Å². The molecule has 0 aromatic heterocycles. The van der Waals surface area contributed by atoms with Gasteiger partial charge in [0.15, 0.2) is 0 Å². The molecular formula is C13H20Cl2N2O3S. The van der Waals surface area contributed by atoms with Crippen LogP contribution in [-0.2, 0) is 10.0 Å². The standard InChI is InChI=1S/C13H19ClN2O3S.ClH/c1-9-8-15-6-5-11(9)16-20(17,18)13-7-10(14)3-4-12(13)19-2;/h3-4,7,9,11,15-16H,5-6,8H2,1-2H3;1H. The molecule has 0 bridgehead atoms. The van der Waals surface area contributed by atoms with Crippen molar-refractivity contribution < 1.29 is 13.2 Å². The Morgan fingerprint density at radius 1 is 1.43 bits per heavy atom. The molecule has 2 N–H and O–H groups in total. The number of benzene rings is 1. The fraction of sp³-hybridized carbons (Fsp3) is 0.538. The second kappa shape index (κ2) is 7.65. The van der Waals surface area contributed by atoms with Crippen molar-refractivity contribution in [1.29, 1.82) is 0 Å². The summed E-state index contributed by atoms with van der Waals surface area (Å²) >= 11 is 5.89. The average Bonchev–Trinajstić information content (AvgIpc) is 2.41. The van der Waals surface area contributed by atoms with Gasteiger partial charge in [-0.1, -0.05) is 18.5 Å². The lowest BCUT2D eigenvalue weighted by atomic mass is 9.97. The SMILES string of the molecule is COc1ccc(Cl)cc1S(=O)(=O)NC1CCNCC1C.Cl. The smallest absolute Gasteiger partial charge is 0.244 e. The van der Waals surface area contributed by atoms with Gasteiger partial charge < -0.3 is 10.1 Å². The Labute approximate surface area is 136 Å². The Kier molecular flexibility index (Phi) is 6.74. The summed E-state index contributed by atoms with van der Waals surface area (Å²) in [6, 6.07) is 4.49. The van der Waals surface area contributed by atoms with E-state index in [0.717, 1.165) is 19.5 Å². The van der Waals surface area contributed by atoms with Crippen LogP contribution in [0.25, 0.3) is 0 Å². The number of sulfonamides is 1. The van der Waals surface area contributed by atoms with Gasteiger partial charge in [-0.15, -0.1) is 12.4 Å². The summed E-state index contributed by atoms with van der Waals surface area (Å²) in [6.07, 6.45) is 0.767. The number of hydrogen-bond acceptors (Lipinski definition) is 4. The minimum atomic E-state index is -3.65. The minimum Gasteiger partial charge on any atom is -0.495 e. The molecular weight excluding hydrogens is 335 g/mol. The third kappa shape index (κ3) is 4.47. The normalized spacial score (nSPS) is 22.4. The van der Waals surface area contributed by atoms with E-state index >= 15 is 0 Å². The van der Waals surface area contributed by atoms with Crippen LogP contribution >= 0.6 is 24.0 Å². The maximum absolute atomic E-state index is 12.5. The van der Waals surface area contributed by atoms with E-state index in [1.807, 2.05) is 6.92 Å². The van der Waals surface area contributed by atoms with E-state index < -0.39 is 10.0 Å². The van der Waals surface area contributed by atoms with Crippen molar-refractivity contribution in [3.8, 4) is 5.75 Å². The van der Waals surface area contributed by atoms with E-state index in [1.165, 1.54) is 13.2 Å². The maximum atomic E-state index is 12.5. The molecule has 5 nitrogen and oxygen atoms in total. The molecule has 1 aliphatic heterocycles. The molecule has 1 aromatic rings. The summed E-state index contributed by atoms with van der Waals surface area (Å²) in [6.45, 7) is 3.64. The Bertz CT molecular complexity index is 581.